The van der Waals surface area contributed by atoms with Crippen LogP contribution in [-0.4, -0.2) is 37.6 Å². The number of nitrogens with zero attached hydrogens (tertiary/aromatic N) is 1. The summed E-state index contributed by atoms with van der Waals surface area (Å²) in [5.41, 5.74) is 0. The van der Waals surface area contributed by atoms with E-state index in [9.17, 15) is 0 Å². The Morgan fingerprint density at radius 2 is 1.50 bits per heavy atom. The van der Waals surface area contributed by atoms with E-state index in [1.165, 1.54) is 51.9 Å². The summed E-state index contributed by atoms with van der Waals surface area (Å²) < 4.78 is 0. The second kappa shape index (κ2) is 11.0. The maximum Gasteiger partial charge on any atom is -0.00190 e. The van der Waals surface area contributed by atoms with E-state index in [-0.39, 0.29) is 0 Å². The Morgan fingerprint density at radius 1 is 0.857 bits per heavy atom. The highest BCUT2D eigenvalue weighted by Crippen LogP contribution is 2.01. The Bertz CT molecular complexity index is 100. The fraction of sp³-hybridized carbons (Fsp3) is 1.00. The summed E-state index contributed by atoms with van der Waals surface area (Å²) in [7, 11) is 0. The lowest BCUT2D eigenvalue weighted by molar-refractivity contribution is 0.295. The average Bonchev–Trinajstić information content (AvgIpc) is 2.22. The van der Waals surface area contributed by atoms with Gasteiger partial charge in [-0.2, -0.15) is 0 Å². The molecule has 0 aromatic carbocycles. The molecule has 0 bridgehead atoms. The van der Waals surface area contributed by atoms with Crippen molar-refractivity contribution in [3.8, 4) is 0 Å². The molecule has 0 aliphatic carbocycles. The topological polar surface area (TPSA) is 15.3 Å². The first-order chi connectivity index (χ1) is 6.85. The van der Waals surface area contributed by atoms with E-state index in [1.54, 1.807) is 0 Å². The van der Waals surface area contributed by atoms with E-state index in [2.05, 4.69) is 31.0 Å². The highest BCUT2D eigenvalue weighted by atomic mass is 15.1. The fourth-order valence-electron chi connectivity index (χ4n) is 1.66. The summed E-state index contributed by atoms with van der Waals surface area (Å²) in [4.78, 5) is 2.50. The van der Waals surface area contributed by atoms with Crippen molar-refractivity contribution in [2.75, 3.05) is 32.7 Å². The van der Waals surface area contributed by atoms with Crippen molar-refractivity contribution in [2.45, 2.75) is 46.5 Å². The van der Waals surface area contributed by atoms with Gasteiger partial charge in [0, 0.05) is 0 Å². The van der Waals surface area contributed by atoms with Crippen LogP contribution in [0.4, 0.5) is 0 Å². The van der Waals surface area contributed by atoms with E-state index in [1.807, 2.05) is 0 Å². The van der Waals surface area contributed by atoms with Gasteiger partial charge in [0.15, 0.2) is 0 Å². The third-order valence-corrected chi connectivity index (χ3v) is 2.72. The molecule has 0 amide bonds. The molecule has 0 aromatic heterocycles. The molecule has 0 rings (SSSR count). The van der Waals surface area contributed by atoms with Crippen LogP contribution in [-0.2, 0) is 0 Å². The molecule has 0 fully saturated rings. The Kier molecular flexibility index (Phi) is 10.9. The van der Waals surface area contributed by atoms with Crippen molar-refractivity contribution in [1.29, 1.82) is 0 Å². The maximum atomic E-state index is 3.36. The van der Waals surface area contributed by atoms with Crippen LogP contribution in [0, 0.1) is 0 Å². The smallest absolute Gasteiger partial charge is 0.00190 e. The van der Waals surface area contributed by atoms with Crippen molar-refractivity contribution >= 4 is 0 Å². The summed E-state index contributed by atoms with van der Waals surface area (Å²) in [5.74, 6) is 0. The number of rotatable bonds is 10. The first kappa shape index (κ1) is 13.9. The molecule has 0 aliphatic heterocycles. The zero-order valence-electron chi connectivity index (χ0n) is 10.3. The molecule has 1 N–H and O–H groups in total. The Morgan fingerprint density at radius 3 is 2.07 bits per heavy atom. The van der Waals surface area contributed by atoms with Gasteiger partial charge in [0.05, 0.1) is 0 Å². The number of nitrogens with one attached hydrogen (secondary N) is 1. The van der Waals surface area contributed by atoms with Gasteiger partial charge in [0.2, 0.25) is 0 Å². The maximum absolute atomic E-state index is 3.36. The monoisotopic (exact) mass is 200 g/mol. The summed E-state index contributed by atoms with van der Waals surface area (Å²) in [6.07, 6.45) is 5.48. The van der Waals surface area contributed by atoms with Crippen LogP contribution in [0.1, 0.15) is 46.5 Å². The molecule has 0 radical (unpaired) electrons. The molecular formula is C12H28N2. The van der Waals surface area contributed by atoms with Crippen molar-refractivity contribution in [2.24, 2.45) is 0 Å². The lowest BCUT2D eigenvalue weighted by atomic mass is 10.2. The van der Waals surface area contributed by atoms with Gasteiger partial charge in [0.25, 0.3) is 0 Å². The highest BCUT2D eigenvalue weighted by Gasteiger charge is 1.97. The second-order valence-corrected chi connectivity index (χ2v) is 3.79. The van der Waals surface area contributed by atoms with Crippen LogP contribution >= 0.6 is 0 Å². The molecule has 0 saturated heterocycles. The van der Waals surface area contributed by atoms with Crippen molar-refractivity contribution in [3.05, 3.63) is 0 Å². The largest absolute Gasteiger partial charge is 0.317 e. The minimum atomic E-state index is 1.11. The number of hydrogen-bond acceptors (Lipinski definition) is 2. The van der Waals surface area contributed by atoms with Gasteiger partial charge in [-0.15, -0.1) is 0 Å². The predicted octanol–water partition coefficient (Wildman–Crippen LogP) is 2.50. The lowest BCUT2D eigenvalue weighted by Gasteiger charge is -2.17. The van der Waals surface area contributed by atoms with Crippen LogP contribution in [0.2, 0.25) is 0 Å². The van der Waals surface area contributed by atoms with Gasteiger partial charge < -0.3 is 10.2 Å². The molecule has 0 aliphatic rings. The normalized spacial score (nSPS) is 11.1. The van der Waals surface area contributed by atoms with Gasteiger partial charge in [0.1, 0.15) is 0 Å². The van der Waals surface area contributed by atoms with E-state index in [0.29, 0.717) is 0 Å². The molecule has 0 unspecified atom stereocenters. The first-order valence-electron chi connectivity index (χ1n) is 6.28. The number of hydrogen-bond donors (Lipinski definition) is 1. The standard InChI is InChI=1S/C12H28N2/c1-4-13-11-9-7-8-10-12-14(5-2)6-3/h13H,4-12H2,1-3H3. The minimum absolute atomic E-state index is 1.11. The average molecular weight is 200 g/mol. The van der Waals surface area contributed by atoms with E-state index < -0.39 is 0 Å². The lowest BCUT2D eigenvalue weighted by Crippen LogP contribution is -2.23. The van der Waals surface area contributed by atoms with Crippen molar-refractivity contribution < 1.29 is 0 Å². The van der Waals surface area contributed by atoms with Crippen LogP contribution in [0.5, 0.6) is 0 Å². The summed E-state index contributed by atoms with van der Waals surface area (Å²) >= 11 is 0. The molecule has 0 aromatic rings. The molecule has 14 heavy (non-hydrogen) atoms. The third-order valence-electron chi connectivity index (χ3n) is 2.72. The zero-order valence-corrected chi connectivity index (χ0v) is 10.3. The highest BCUT2D eigenvalue weighted by molar-refractivity contribution is 4.53. The number of unbranched alkanes of at least 4 members (excludes halogenated alkanes) is 3. The van der Waals surface area contributed by atoms with E-state index >= 15 is 0 Å². The Labute approximate surface area is 90.1 Å². The van der Waals surface area contributed by atoms with Crippen LogP contribution in [0.15, 0.2) is 0 Å². The van der Waals surface area contributed by atoms with Crippen LogP contribution in [0.3, 0.4) is 0 Å². The van der Waals surface area contributed by atoms with E-state index in [4.69, 9.17) is 0 Å². The quantitative estimate of drug-likeness (QED) is 0.545. The van der Waals surface area contributed by atoms with Gasteiger partial charge in [-0.3, -0.25) is 0 Å². The molecular weight excluding hydrogens is 172 g/mol. The molecule has 0 spiro atoms. The van der Waals surface area contributed by atoms with Gasteiger partial charge in [-0.05, 0) is 45.6 Å². The fourth-order valence-corrected chi connectivity index (χ4v) is 1.66. The predicted molar refractivity (Wildman–Crippen MR) is 64.8 cm³/mol. The molecule has 86 valence electrons. The molecule has 0 saturated carbocycles. The zero-order chi connectivity index (χ0) is 10.6. The minimum Gasteiger partial charge on any atom is -0.317 e. The summed E-state index contributed by atoms with van der Waals surface area (Å²) in [5, 5.41) is 3.36. The second-order valence-electron chi connectivity index (χ2n) is 3.79. The molecule has 2 nitrogen and oxygen atoms in total. The molecule has 0 heterocycles. The molecule has 0 atom stereocenters. The van der Waals surface area contributed by atoms with Gasteiger partial charge >= 0.3 is 0 Å². The Hall–Kier alpha value is -0.0800. The molecule has 2 heteroatoms. The third kappa shape index (κ3) is 8.52. The van der Waals surface area contributed by atoms with Crippen LogP contribution < -0.4 is 5.32 Å². The summed E-state index contributed by atoms with van der Waals surface area (Å²) in [6.45, 7) is 12.7. The Balaban J connectivity index is 3.04. The van der Waals surface area contributed by atoms with Crippen molar-refractivity contribution in [1.82, 2.24) is 10.2 Å². The van der Waals surface area contributed by atoms with Crippen molar-refractivity contribution in [3.63, 3.8) is 0 Å². The van der Waals surface area contributed by atoms with Crippen LogP contribution in [0.25, 0.3) is 0 Å². The van der Waals surface area contributed by atoms with Gasteiger partial charge in [-0.1, -0.05) is 33.6 Å². The SMILES string of the molecule is CCNCCCCCCN(CC)CC. The summed E-state index contributed by atoms with van der Waals surface area (Å²) in [6, 6.07) is 0. The van der Waals surface area contributed by atoms with Gasteiger partial charge in [-0.25, -0.2) is 0 Å². The van der Waals surface area contributed by atoms with E-state index in [0.717, 1.165) is 6.54 Å². The first-order valence-corrected chi connectivity index (χ1v) is 6.28.